The van der Waals surface area contributed by atoms with Gasteiger partial charge < -0.3 is 19.9 Å². The van der Waals surface area contributed by atoms with Gasteiger partial charge in [0.1, 0.15) is 16.7 Å². The van der Waals surface area contributed by atoms with Crippen LogP contribution >= 0.6 is 11.6 Å². The van der Waals surface area contributed by atoms with Crippen molar-refractivity contribution >= 4 is 29.3 Å². The van der Waals surface area contributed by atoms with Crippen LogP contribution in [0.1, 0.15) is 39.4 Å². The first-order chi connectivity index (χ1) is 12.5. The molecule has 0 bridgehead atoms. The normalized spacial score (nSPS) is 15.0. The van der Waals surface area contributed by atoms with Gasteiger partial charge in [0.15, 0.2) is 0 Å². The Labute approximate surface area is 156 Å². The van der Waals surface area contributed by atoms with Crippen LogP contribution in [0.4, 0.5) is 5.82 Å². The first-order valence-corrected chi connectivity index (χ1v) is 8.81. The fourth-order valence-electron chi connectivity index (χ4n) is 3.03. The Bertz CT molecular complexity index is 813. The smallest absolute Gasteiger partial charge is 0.338 e. The van der Waals surface area contributed by atoms with Crippen molar-refractivity contribution in [1.29, 1.82) is 0 Å². The van der Waals surface area contributed by atoms with Gasteiger partial charge in [-0.3, -0.25) is 4.79 Å². The number of ether oxygens (including phenoxy) is 1. The minimum absolute atomic E-state index is 0.0922. The number of halogens is 1. The number of nitrogens with one attached hydrogen (secondary N) is 2. The van der Waals surface area contributed by atoms with Gasteiger partial charge in [-0.25, -0.2) is 9.78 Å². The van der Waals surface area contributed by atoms with Gasteiger partial charge in [-0.15, -0.1) is 0 Å². The third-order valence-electron chi connectivity index (χ3n) is 4.43. The SMILES string of the molecule is COC(=O)c1cc(Cl)nc(N2CCC(NC(=O)c3ccc(C)[nH]3)CC2)c1. The molecule has 26 heavy (non-hydrogen) atoms. The monoisotopic (exact) mass is 376 g/mol. The summed E-state index contributed by atoms with van der Waals surface area (Å²) in [6.07, 6.45) is 1.57. The summed E-state index contributed by atoms with van der Waals surface area (Å²) in [6.45, 7) is 3.33. The molecule has 1 aliphatic heterocycles. The molecule has 138 valence electrons. The standard InChI is InChI=1S/C18H21ClN4O3/c1-11-3-4-14(20-11)17(24)21-13-5-7-23(8-6-13)16-10-12(18(25)26-2)9-15(19)22-16/h3-4,9-10,13,20H,5-8H2,1-2H3,(H,21,24). The zero-order valence-corrected chi connectivity index (χ0v) is 15.5. The maximum Gasteiger partial charge on any atom is 0.338 e. The number of aromatic nitrogens is 2. The molecule has 0 spiro atoms. The van der Waals surface area contributed by atoms with E-state index in [1.165, 1.54) is 13.2 Å². The number of aromatic amines is 1. The lowest BCUT2D eigenvalue weighted by molar-refractivity contribution is 0.0600. The van der Waals surface area contributed by atoms with Crippen molar-refractivity contribution in [3.8, 4) is 0 Å². The summed E-state index contributed by atoms with van der Waals surface area (Å²) in [4.78, 5) is 33.4. The van der Waals surface area contributed by atoms with Crippen LogP contribution in [0.15, 0.2) is 24.3 Å². The fourth-order valence-corrected chi connectivity index (χ4v) is 3.24. The lowest BCUT2D eigenvalue weighted by Crippen LogP contribution is -2.45. The molecule has 3 heterocycles. The highest BCUT2D eigenvalue weighted by molar-refractivity contribution is 6.29. The van der Waals surface area contributed by atoms with E-state index >= 15 is 0 Å². The van der Waals surface area contributed by atoms with Crippen LogP contribution in [0.25, 0.3) is 0 Å². The van der Waals surface area contributed by atoms with E-state index in [0.29, 0.717) is 30.2 Å². The van der Waals surface area contributed by atoms with Crippen molar-refractivity contribution in [1.82, 2.24) is 15.3 Å². The number of hydrogen-bond donors (Lipinski definition) is 2. The van der Waals surface area contributed by atoms with Crippen molar-refractivity contribution in [2.45, 2.75) is 25.8 Å². The number of aryl methyl sites for hydroxylation is 1. The summed E-state index contributed by atoms with van der Waals surface area (Å²) in [5.74, 6) is 0.104. The van der Waals surface area contributed by atoms with Crippen molar-refractivity contribution in [3.05, 3.63) is 46.4 Å². The lowest BCUT2D eigenvalue weighted by Gasteiger charge is -2.33. The molecule has 0 atom stereocenters. The molecule has 1 aliphatic rings. The minimum Gasteiger partial charge on any atom is -0.465 e. The number of carbonyl (C=O) groups is 2. The lowest BCUT2D eigenvalue weighted by atomic mass is 10.0. The van der Waals surface area contributed by atoms with Gasteiger partial charge in [0, 0.05) is 24.8 Å². The second-order valence-electron chi connectivity index (χ2n) is 6.32. The Morgan fingerprint density at radius 1 is 1.31 bits per heavy atom. The summed E-state index contributed by atoms with van der Waals surface area (Å²) in [5.41, 5.74) is 1.91. The van der Waals surface area contributed by atoms with Crippen molar-refractivity contribution in [2.75, 3.05) is 25.1 Å². The van der Waals surface area contributed by atoms with E-state index in [-0.39, 0.29) is 17.1 Å². The maximum absolute atomic E-state index is 12.2. The number of H-pyrrole nitrogens is 1. The van der Waals surface area contributed by atoms with Crippen LogP contribution in [-0.2, 0) is 4.74 Å². The topological polar surface area (TPSA) is 87.3 Å². The second kappa shape index (κ2) is 7.78. The molecule has 7 nitrogen and oxygen atoms in total. The molecule has 0 saturated carbocycles. The van der Waals surface area contributed by atoms with Gasteiger partial charge in [-0.2, -0.15) is 0 Å². The number of anilines is 1. The predicted molar refractivity (Wildman–Crippen MR) is 98.8 cm³/mol. The molecule has 8 heteroatoms. The first-order valence-electron chi connectivity index (χ1n) is 8.43. The summed E-state index contributed by atoms with van der Waals surface area (Å²) in [7, 11) is 1.33. The maximum atomic E-state index is 12.2. The van der Waals surface area contributed by atoms with Gasteiger partial charge in [0.2, 0.25) is 0 Å². The zero-order valence-electron chi connectivity index (χ0n) is 14.7. The molecule has 3 rings (SSSR count). The summed E-state index contributed by atoms with van der Waals surface area (Å²) < 4.78 is 4.74. The summed E-state index contributed by atoms with van der Waals surface area (Å²) in [6, 6.07) is 6.92. The molecule has 2 aromatic rings. The third-order valence-corrected chi connectivity index (χ3v) is 4.63. The van der Waals surface area contributed by atoms with Crippen LogP contribution in [0.5, 0.6) is 0 Å². The summed E-state index contributed by atoms with van der Waals surface area (Å²) in [5, 5.41) is 3.30. The fraction of sp³-hybridized carbons (Fsp3) is 0.389. The van der Waals surface area contributed by atoms with Gasteiger partial charge in [0.25, 0.3) is 5.91 Å². The Hall–Kier alpha value is -2.54. The van der Waals surface area contributed by atoms with Gasteiger partial charge in [-0.1, -0.05) is 11.6 Å². The zero-order chi connectivity index (χ0) is 18.7. The molecule has 1 saturated heterocycles. The van der Waals surface area contributed by atoms with E-state index in [1.807, 2.05) is 13.0 Å². The molecule has 0 aliphatic carbocycles. The molecule has 2 aromatic heterocycles. The molecule has 1 fully saturated rings. The molecule has 0 aromatic carbocycles. The summed E-state index contributed by atoms with van der Waals surface area (Å²) >= 11 is 6.03. The molecule has 2 N–H and O–H groups in total. The predicted octanol–water partition coefficient (Wildman–Crippen LogP) is 2.56. The number of methoxy groups -OCH3 is 1. The van der Waals surface area contributed by atoms with Gasteiger partial charge >= 0.3 is 5.97 Å². The molecule has 0 radical (unpaired) electrons. The number of pyridine rings is 1. The number of esters is 1. The average molecular weight is 377 g/mol. The largest absolute Gasteiger partial charge is 0.465 e. The van der Waals surface area contributed by atoms with Crippen LogP contribution in [0.2, 0.25) is 5.15 Å². The third kappa shape index (κ3) is 4.16. The quantitative estimate of drug-likeness (QED) is 0.632. The van der Waals surface area contributed by atoms with Crippen LogP contribution in [0, 0.1) is 6.92 Å². The number of rotatable bonds is 4. The van der Waals surface area contributed by atoms with Crippen LogP contribution < -0.4 is 10.2 Å². The number of hydrogen-bond acceptors (Lipinski definition) is 5. The molecular formula is C18H21ClN4O3. The Morgan fingerprint density at radius 3 is 2.65 bits per heavy atom. The Balaban J connectivity index is 1.61. The number of piperidine rings is 1. The average Bonchev–Trinajstić information content (AvgIpc) is 3.07. The highest BCUT2D eigenvalue weighted by Gasteiger charge is 2.23. The van der Waals surface area contributed by atoms with E-state index in [1.54, 1.807) is 12.1 Å². The number of carbonyl (C=O) groups excluding carboxylic acids is 2. The van der Waals surface area contributed by atoms with Crippen molar-refractivity contribution in [3.63, 3.8) is 0 Å². The van der Waals surface area contributed by atoms with Crippen molar-refractivity contribution < 1.29 is 14.3 Å². The van der Waals surface area contributed by atoms with E-state index < -0.39 is 5.97 Å². The number of amides is 1. The van der Waals surface area contributed by atoms with Crippen LogP contribution in [0.3, 0.4) is 0 Å². The highest BCUT2D eigenvalue weighted by atomic mass is 35.5. The van der Waals surface area contributed by atoms with Gasteiger partial charge in [0.05, 0.1) is 12.7 Å². The van der Waals surface area contributed by atoms with E-state index in [0.717, 1.165) is 18.5 Å². The van der Waals surface area contributed by atoms with E-state index in [2.05, 4.69) is 20.2 Å². The van der Waals surface area contributed by atoms with Crippen LogP contribution in [-0.4, -0.2) is 48.1 Å². The highest BCUT2D eigenvalue weighted by Crippen LogP contribution is 2.22. The van der Waals surface area contributed by atoms with E-state index in [4.69, 9.17) is 16.3 Å². The van der Waals surface area contributed by atoms with Crippen molar-refractivity contribution in [2.24, 2.45) is 0 Å². The molecule has 1 amide bonds. The number of nitrogens with zero attached hydrogens (tertiary/aromatic N) is 2. The molecular weight excluding hydrogens is 356 g/mol. The second-order valence-corrected chi connectivity index (χ2v) is 6.71. The van der Waals surface area contributed by atoms with Gasteiger partial charge in [-0.05, 0) is 44.0 Å². The Kier molecular flexibility index (Phi) is 5.46. The van der Waals surface area contributed by atoms with E-state index in [9.17, 15) is 9.59 Å². The minimum atomic E-state index is -0.445. The first kappa shape index (κ1) is 18.3. The Morgan fingerprint density at radius 2 is 2.04 bits per heavy atom. The molecule has 0 unspecified atom stereocenters.